The second kappa shape index (κ2) is 52.5. The van der Waals surface area contributed by atoms with Gasteiger partial charge < -0.3 is 127 Å². The predicted octanol–water partition coefficient (Wildman–Crippen LogP) is -1.53. The summed E-state index contributed by atoms with van der Waals surface area (Å²) in [5.74, 6) is -21.0. The van der Waals surface area contributed by atoms with Crippen LogP contribution in [0.3, 0.4) is 0 Å². The number of carboxylic acid groups (broad SMARTS) is 2. The Kier molecular flexibility index (Phi) is 40.2. The van der Waals surface area contributed by atoms with E-state index in [1.807, 2.05) is 0 Å². The van der Waals surface area contributed by atoms with Crippen LogP contribution in [0.25, 0.3) is 21.8 Å². The molecule has 46 nitrogen and oxygen atoms in total. The normalized spacial score (nSPS) is 20.7. The average molecular weight is 1910 g/mol. The lowest BCUT2D eigenvalue weighted by Crippen LogP contribution is -2.58. The molecule has 1 aliphatic rings. The molecule has 30 N–H and O–H groups in total. The van der Waals surface area contributed by atoms with Crippen molar-refractivity contribution in [1.29, 1.82) is 0 Å². The highest BCUT2D eigenvalue weighted by Crippen LogP contribution is 2.27. The number of para-hydroxylation sites is 2. The summed E-state index contributed by atoms with van der Waals surface area (Å²) in [4.78, 5) is 258. The van der Waals surface area contributed by atoms with Crippen molar-refractivity contribution in [1.82, 2.24) is 84.8 Å². The molecule has 736 valence electrons. The number of ether oxygens (including phenoxy) is 2. The fraction of sp³-hybridized carbons (Fsp3) is 0.370. The lowest BCUT2D eigenvalue weighted by molar-refractivity contribution is -0.139. The van der Waals surface area contributed by atoms with Crippen molar-refractivity contribution in [2.75, 3.05) is 51.0 Å². The Labute approximate surface area is 789 Å². The van der Waals surface area contributed by atoms with Gasteiger partial charge >= 0.3 is 35.6 Å². The van der Waals surface area contributed by atoms with Crippen LogP contribution in [-0.4, -0.2) is 238 Å². The van der Waals surface area contributed by atoms with E-state index in [0.717, 1.165) is 12.1 Å². The Bertz CT molecular complexity index is 5370. The van der Waals surface area contributed by atoms with E-state index in [4.69, 9.17) is 32.4 Å². The van der Waals surface area contributed by atoms with Crippen molar-refractivity contribution in [3.8, 4) is 23.0 Å². The first kappa shape index (κ1) is 106. The molecule has 2 aromatic heterocycles. The number of hydrogen-bond acceptors (Lipinski definition) is 26. The molecule has 0 radical (unpaired) electrons. The number of phenols is 2. The summed E-state index contributed by atoms with van der Waals surface area (Å²) in [7, 11) is 2.36. The number of carbonyl (C=O) groups is 18. The minimum atomic E-state index is -1.70. The number of unbranched alkanes of at least 4 members (excludes halogenated alkanes) is 2. The molecule has 16 amide bonds. The number of carboxylic acids is 2. The predicted molar refractivity (Wildman–Crippen MR) is 498 cm³/mol. The van der Waals surface area contributed by atoms with Gasteiger partial charge in [-0.3, -0.25) is 108 Å². The number of rotatable bonds is 24. The van der Waals surface area contributed by atoms with Crippen LogP contribution in [0.2, 0.25) is 0 Å². The quantitative estimate of drug-likeness (QED) is 0.0241. The smallest absolute Gasteiger partial charge is 0.313 e. The van der Waals surface area contributed by atoms with Gasteiger partial charge in [0.1, 0.15) is 71.3 Å². The van der Waals surface area contributed by atoms with Gasteiger partial charge in [0, 0.05) is 97.2 Å². The van der Waals surface area contributed by atoms with Crippen LogP contribution in [-0.2, 0) is 102 Å². The van der Waals surface area contributed by atoms with Gasteiger partial charge in [0.15, 0.2) is 0 Å². The van der Waals surface area contributed by atoms with E-state index in [1.54, 1.807) is 60.9 Å². The van der Waals surface area contributed by atoms with Gasteiger partial charge in [-0.05, 0) is 185 Å². The first-order valence-corrected chi connectivity index (χ1v) is 44.3. The maximum absolute atomic E-state index is 14.7. The number of anilines is 2. The van der Waals surface area contributed by atoms with Gasteiger partial charge in [0.25, 0.3) is 23.6 Å². The lowest BCUT2D eigenvalue weighted by Gasteiger charge is -2.24. The number of carbonyl (C=O) groups excluding carboxylic acids is 16. The van der Waals surface area contributed by atoms with Crippen LogP contribution in [0.5, 0.6) is 23.0 Å². The van der Waals surface area contributed by atoms with Gasteiger partial charge in [-0.2, -0.15) is 0 Å². The molecule has 8 aromatic rings. The van der Waals surface area contributed by atoms with Crippen molar-refractivity contribution in [3.05, 3.63) is 179 Å². The van der Waals surface area contributed by atoms with E-state index in [2.05, 4.69) is 95.5 Å². The number of benzene rings is 6. The number of hydrogen-bond donors (Lipinski definition) is 26. The highest BCUT2D eigenvalue weighted by atomic mass is 16.5. The average Bonchev–Trinajstić information content (AvgIpc) is 1.58. The van der Waals surface area contributed by atoms with Crippen LogP contribution >= 0.6 is 0 Å². The number of methoxy groups -OCH3 is 2. The molecular formula is C92H114N22O24. The maximum Gasteiger partial charge on any atom is 0.313 e. The number of aliphatic carboxylic acids is 2. The number of aromatic hydroxyl groups is 2. The van der Waals surface area contributed by atoms with Gasteiger partial charge in [0.2, 0.25) is 47.3 Å². The molecule has 0 aliphatic carbocycles. The fourth-order valence-electron chi connectivity index (χ4n) is 14.7. The minimum absolute atomic E-state index is 0.0157. The van der Waals surface area contributed by atoms with E-state index in [0.29, 0.717) is 56.9 Å². The Morgan fingerprint density at radius 3 is 1.07 bits per heavy atom. The van der Waals surface area contributed by atoms with Crippen molar-refractivity contribution in [2.45, 2.75) is 176 Å². The van der Waals surface area contributed by atoms with Crippen molar-refractivity contribution in [3.63, 3.8) is 0 Å². The summed E-state index contributed by atoms with van der Waals surface area (Å²) in [6, 6.07) is 16.1. The van der Waals surface area contributed by atoms with E-state index >= 15 is 0 Å². The highest BCUT2D eigenvalue weighted by Gasteiger charge is 2.37. The van der Waals surface area contributed by atoms with Crippen LogP contribution in [0.1, 0.15) is 133 Å². The molecule has 0 unspecified atom stereocenters. The zero-order valence-electron chi connectivity index (χ0n) is 75.4. The number of aromatic amines is 2. The second-order valence-electron chi connectivity index (χ2n) is 32.4. The van der Waals surface area contributed by atoms with E-state index < -0.39 is 193 Å². The first-order chi connectivity index (χ1) is 66.1. The molecule has 46 heteroatoms. The van der Waals surface area contributed by atoms with Crippen LogP contribution in [0.15, 0.2) is 146 Å². The summed E-state index contributed by atoms with van der Waals surface area (Å²) in [6.07, 6.45) is 0.137. The third-order valence-electron chi connectivity index (χ3n) is 22.3. The molecule has 1 aliphatic heterocycles. The number of fused-ring (bicyclic) bond motifs is 6. The molecular weight excluding hydrogens is 1800 g/mol. The highest BCUT2D eigenvalue weighted by molar-refractivity contribution is 6.40. The van der Waals surface area contributed by atoms with Gasteiger partial charge in [-0.15, -0.1) is 0 Å². The van der Waals surface area contributed by atoms with Gasteiger partial charge in [-0.25, -0.2) is 0 Å². The summed E-state index contributed by atoms with van der Waals surface area (Å²) in [5.41, 5.74) is 35.0. The number of H-pyrrole nitrogens is 2. The van der Waals surface area contributed by atoms with Crippen molar-refractivity contribution < 1.29 is 116 Å². The SMILES string of the molecule is COc1ccc2cc1C(=O)NNC(=O)[C@H](Cc1ccc(O)cc1)NC(=O)[C@H](CCC(=O)O)NC(=O)[C@@H](N)CCCNC(=O)[C@H](CCCCN)NC(=O)[C@H](Cc1c[nH]c3ccccc13)NC(=O)C(=O)Nc1ccc(OC)c(c1)C(=O)NNC(=O)[C@H](Cc1ccc(O)cc1)NC(=O)[C@H](CCC(=O)O)NC(=O)[C@@H](N)CCCNC(=O)[C@H](CCCCN)NC(=O)[C@H](Cc1c[nH]c3ccccc13)NC(=O)C(=O)N2. The zero-order valence-corrected chi connectivity index (χ0v) is 75.4. The summed E-state index contributed by atoms with van der Waals surface area (Å²) >= 11 is 0. The summed E-state index contributed by atoms with van der Waals surface area (Å²) in [5, 5.41) is 71.3. The van der Waals surface area contributed by atoms with Gasteiger partial charge in [0.05, 0.1) is 37.4 Å². The largest absolute Gasteiger partial charge is 0.508 e. The molecule has 3 heterocycles. The fourth-order valence-corrected chi connectivity index (χ4v) is 14.7. The number of hydrazine groups is 2. The number of amides is 16. The van der Waals surface area contributed by atoms with Gasteiger partial charge in [-0.1, -0.05) is 60.7 Å². The molecule has 4 bridgehead atoms. The van der Waals surface area contributed by atoms with Crippen LogP contribution < -0.4 is 118 Å². The van der Waals surface area contributed by atoms with Crippen molar-refractivity contribution >= 4 is 140 Å². The standard InChI is InChI=1S/C92H114N22O24/c1-137-73-33-25-53-45-59(73)77(121)111-113-87(131)69(41-49-21-27-55(115)28-22-49)107-83(127)67(31-35-75(117)118)103-79(123)61(95)15-11-40-98-82(126)66(20-8-10-38-94)106-86(130)72(44-52-48-100-64-18-6-4-14-58(52)64)110-92(136)90(134)102-54-26-34-74(138-2)60(46-54)78(122)112-114-88(132)70(42-50-23-29-56(116)30-24-50)108-84(128)68(32-36-76(119)120)104-80(124)62(96)16-12-39-97-81(125)65(19-7-9-37-93)105-85(129)71(109-91(135)89(133)101-53)43-51-47-99-63-17-5-3-13-57(51)63/h3-6,13-14,17-18,21-30,33-34,45-48,61-62,65-72,99-100,115-116H,7-12,15-16,19-20,31-32,35-44,93-96H2,1-2H3,(H,97,125)(H,98,126)(H,101,133)(H,102,134)(H,103,123)(H,104,124)(H,105,129)(H,106,130)(H,107,127)(H,108,128)(H,109,135)(H,110,136)(H,111,121)(H,112,122)(H,113,131)(H,114,132)(H,117,118)(H,119,120)/t61-,62-,65-,66-,67-,68-,69-,70-,71-,72-/m0/s1. The zero-order chi connectivity index (χ0) is 100. The number of phenolic OH excluding ortho intramolecular Hbond substituents is 2. The summed E-state index contributed by atoms with van der Waals surface area (Å²) in [6.45, 7) is -0.0138. The monoisotopic (exact) mass is 1910 g/mol. The number of nitrogens with one attached hydrogen (secondary N) is 18. The van der Waals surface area contributed by atoms with E-state index in [-0.39, 0.29) is 149 Å². The number of nitrogens with two attached hydrogens (primary N) is 4. The summed E-state index contributed by atoms with van der Waals surface area (Å²) < 4.78 is 10.9. The Hall–Kier alpha value is -16.1. The first-order valence-electron chi connectivity index (χ1n) is 44.3. The van der Waals surface area contributed by atoms with E-state index in [1.165, 1.54) is 87.0 Å². The Morgan fingerprint density at radius 1 is 0.362 bits per heavy atom. The number of aromatic nitrogens is 2. The molecule has 0 fully saturated rings. The molecule has 9 rings (SSSR count). The molecule has 138 heavy (non-hydrogen) atoms. The lowest BCUT2D eigenvalue weighted by atomic mass is 10.0. The molecule has 6 aromatic carbocycles. The van der Waals surface area contributed by atoms with Crippen LogP contribution in [0, 0.1) is 0 Å². The molecule has 10 atom stereocenters. The minimum Gasteiger partial charge on any atom is -0.508 e. The molecule has 0 saturated heterocycles. The topological polar surface area (TPSA) is 735 Å². The van der Waals surface area contributed by atoms with Crippen molar-refractivity contribution in [2.24, 2.45) is 22.9 Å². The second-order valence-corrected chi connectivity index (χ2v) is 32.4. The molecule has 0 saturated carbocycles. The third-order valence-corrected chi connectivity index (χ3v) is 22.3. The Balaban J connectivity index is 0.992. The van der Waals surface area contributed by atoms with E-state index in [9.17, 15) is 107 Å². The third kappa shape index (κ3) is 32.1. The molecule has 0 spiro atoms. The Morgan fingerprint density at radius 2 is 0.703 bits per heavy atom. The maximum atomic E-state index is 14.7. The van der Waals surface area contributed by atoms with Crippen LogP contribution in [0.4, 0.5) is 11.4 Å².